The van der Waals surface area contributed by atoms with E-state index >= 15 is 0 Å². The predicted octanol–water partition coefficient (Wildman–Crippen LogP) is 3.10. The molecule has 0 spiro atoms. The van der Waals surface area contributed by atoms with E-state index in [1.807, 2.05) is 11.9 Å². The van der Waals surface area contributed by atoms with Crippen molar-refractivity contribution in [2.75, 3.05) is 18.0 Å². The lowest BCUT2D eigenvalue weighted by Crippen LogP contribution is -2.28. The van der Waals surface area contributed by atoms with Gasteiger partial charge in [-0.2, -0.15) is 0 Å². The fraction of sp³-hybridized carbons (Fsp3) is 0.909. The van der Waals surface area contributed by atoms with Gasteiger partial charge in [-0.1, -0.05) is 55.7 Å². The van der Waals surface area contributed by atoms with Gasteiger partial charge in [-0.05, 0) is 12.3 Å². The lowest BCUT2D eigenvalue weighted by molar-refractivity contribution is -0.126. The van der Waals surface area contributed by atoms with E-state index < -0.39 is 0 Å². The maximum atomic E-state index is 11.2. The number of rotatable bonds is 7. The van der Waals surface area contributed by atoms with Crippen LogP contribution < -0.4 is 0 Å². The van der Waals surface area contributed by atoms with Crippen molar-refractivity contribution in [3.63, 3.8) is 0 Å². The van der Waals surface area contributed by atoms with Crippen LogP contribution in [0.5, 0.6) is 0 Å². The molecule has 0 aromatic rings. The van der Waals surface area contributed by atoms with E-state index in [1.165, 1.54) is 19.3 Å². The molecule has 2 nitrogen and oxygen atoms in total. The number of hydrogen-bond donors (Lipinski definition) is 0. The molecule has 3 heteroatoms. The fourth-order valence-corrected chi connectivity index (χ4v) is 1.89. The molecule has 0 unspecified atom stereocenters. The van der Waals surface area contributed by atoms with Crippen LogP contribution in [0.15, 0.2) is 0 Å². The normalized spacial score (nSPS) is 10.6. The third kappa shape index (κ3) is 7.59. The smallest absolute Gasteiger partial charge is 0.232 e. The van der Waals surface area contributed by atoms with E-state index in [4.69, 9.17) is 0 Å². The van der Waals surface area contributed by atoms with Crippen LogP contribution in [0.1, 0.15) is 39.5 Å². The summed E-state index contributed by atoms with van der Waals surface area (Å²) in [6.07, 6.45) is 5.00. The molecule has 0 atom stereocenters. The number of unbranched alkanes of at least 4 members (excludes halogenated alkanes) is 2. The van der Waals surface area contributed by atoms with Crippen molar-refractivity contribution in [1.29, 1.82) is 0 Å². The van der Waals surface area contributed by atoms with Crippen LogP contribution in [-0.4, -0.2) is 28.8 Å². The molecule has 0 saturated heterocycles. The SMILES string of the molecule is CC(C)CCCCCN(C)C(=O)CI. The van der Waals surface area contributed by atoms with Crippen LogP contribution in [0, 0.1) is 5.92 Å². The Hall–Kier alpha value is 0.200. The summed E-state index contributed by atoms with van der Waals surface area (Å²) in [5.41, 5.74) is 0. The lowest BCUT2D eigenvalue weighted by atomic mass is 10.1. The summed E-state index contributed by atoms with van der Waals surface area (Å²) in [5, 5.41) is 0. The zero-order valence-corrected chi connectivity index (χ0v) is 11.7. The number of carbonyl (C=O) groups excluding carboxylic acids is 1. The third-order valence-corrected chi connectivity index (χ3v) is 2.97. The molecule has 0 aliphatic heterocycles. The molecular weight excluding hydrogens is 289 g/mol. The summed E-state index contributed by atoms with van der Waals surface area (Å²) < 4.78 is 0.597. The first kappa shape index (κ1) is 14.2. The van der Waals surface area contributed by atoms with Crippen molar-refractivity contribution >= 4 is 28.5 Å². The molecule has 0 saturated carbocycles. The Balaban J connectivity index is 3.31. The average Bonchev–Trinajstić information content (AvgIpc) is 2.15. The van der Waals surface area contributed by atoms with E-state index in [2.05, 4.69) is 36.4 Å². The van der Waals surface area contributed by atoms with Gasteiger partial charge in [0, 0.05) is 13.6 Å². The molecule has 0 N–H and O–H groups in total. The Morgan fingerprint density at radius 3 is 2.43 bits per heavy atom. The fourth-order valence-electron chi connectivity index (χ4n) is 1.31. The molecule has 0 rings (SSSR count). The molecule has 1 amide bonds. The minimum absolute atomic E-state index is 0.245. The van der Waals surface area contributed by atoms with Crippen LogP contribution in [0.4, 0.5) is 0 Å². The number of nitrogens with zero attached hydrogens (tertiary/aromatic N) is 1. The second-order valence-electron chi connectivity index (χ2n) is 4.19. The van der Waals surface area contributed by atoms with Crippen LogP contribution in [0.3, 0.4) is 0 Å². The molecule has 0 aromatic carbocycles. The maximum Gasteiger partial charge on any atom is 0.232 e. The van der Waals surface area contributed by atoms with Gasteiger partial charge in [0.15, 0.2) is 0 Å². The molecular formula is C11H22INO. The maximum absolute atomic E-state index is 11.2. The standard InChI is InChI=1S/C11H22INO/c1-10(2)7-5-4-6-8-13(3)11(14)9-12/h10H,4-9H2,1-3H3. The first-order valence-electron chi connectivity index (χ1n) is 5.37. The molecule has 0 radical (unpaired) electrons. The number of carbonyl (C=O) groups is 1. The van der Waals surface area contributed by atoms with E-state index in [0.29, 0.717) is 4.43 Å². The van der Waals surface area contributed by atoms with Crippen molar-refractivity contribution in [3.05, 3.63) is 0 Å². The van der Waals surface area contributed by atoms with Gasteiger partial charge in [0.25, 0.3) is 0 Å². The lowest BCUT2D eigenvalue weighted by Gasteiger charge is -2.15. The van der Waals surface area contributed by atoms with E-state index in [-0.39, 0.29) is 5.91 Å². The summed E-state index contributed by atoms with van der Waals surface area (Å²) >= 11 is 2.11. The first-order valence-corrected chi connectivity index (χ1v) is 6.90. The highest BCUT2D eigenvalue weighted by atomic mass is 127. The van der Waals surface area contributed by atoms with Gasteiger partial charge in [-0.3, -0.25) is 4.79 Å². The molecule has 0 aliphatic rings. The van der Waals surface area contributed by atoms with Gasteiger partial charge < -0.3 is 4.90 Å². The van der Waals surface area contributed by atoms with Crippen LogP contribution in [0.2, 0.25) is 0 Å². The average molecular weight is 311 g/mol. The van der Waals surface area contributed by atoms with Crippen LogP contribution in [-0.2, 0) is 4.79 Å². The number of amides is 1. The molecule has 0 fully saturated rings. The van der Waals surface area contributed by atoms with Gasteiger partial charge in [0.1, 0.15) is 0 Å². The highest BCUT2D eigenvalue weighted by Crippen LogP contribution is 2.08. The summed E-state index contributed by atoms with van der Waals surface area (Å²) in [6.45, 7) is 5.43. The minimum atomic E-state index is 0.245. The van der Waals surface area contributed by atoms with Crippen molar-refractivity contribution in [2.45, 2.75) is 39.5 Å². The highest BCUT2D eigenvalue weighted by Gasteiger charge is 2.05. The number of halogens is 1. The van der Waals surface area contributed by atoms with Crippen molar-refractivity contribution < 1.29 is 4.79 Å². The number of hydrogen-bond acceptors (Lipinski definition) is 1. The zero-order chi connectivity index (χ0) is 11.0. The minimum Gasteiger partial charge on any atom is -0.345 e. The van der Waals surface area contributed by atoms with Gasteiger partial charge in [-0.25, -0.2) is 0 Å². The van der Waals surface area contributed by atoms with Gasteiger partial charge >= 0.3 is 0 Å². The van der Waals surface area contributed by atoms with Crippen LogP contribution in [0.25, 0.3) is 0 Å². The van der Waals surface area contributed by atoms with E-state index in [9.17, 15) is 4.79 Å². The summed E-state index contributed by atoms with van der Waals surface area (Å²) in [6, 6.07) is 0. The topological polar surface area (TPSA) is 20.3 Å². The molecule has 0 aliphatic carbocycles. The summed E-state index contributed by atoms with van der Waals surface area (Å²) in [5.74, 6) is 1.05. The van der Waals surface area contributed by atoms with Gasteiger partial charge in [0.05, 0.1) is 4.43 Å². The van der Waals surface area contributed by atoms with E-state index in [1.54, 1.807) is 0 Å². The Labute approximate surface area is 102 Å². The number of alkyl halides is 1. The predicted molar refractivity (Wildman–Crippen MR) is 69.8 cm³/mol. The molecule has 0 bridgehead atoms. The Bertz CT molecular complexity index is 159. The quantitative estimate of drug-likeness (QED) is 0.402. The first-order chi connectivity index (χ1) is 6.57. The molecule has 0 heterocycles. The van der Waals surface area contributed by atoms with Crippen molar-refractivity contribution in [1.82, 2.24) is 4.90 Å². The summed E-state index contributed by atoms with van der Waals surface area (Å²) in [7, 11) is 1.89. The van der Waals surface area contributed by atoms with E-state index in [0.717, 1.165) is 18.9 Å². The van der Waals surface area contributed by atoms with Crippen molar-refractivity contribution in [2.24, 2.45) is 5.92 Å². The highest BCUT2D eigenvalue weighted by molar-refractivity contribution is 14.1. The van der Waals surface area contributed by atoms with Gasteiger partial charge in [-0.15, -0.1) is 0 Å². The zero-order valence-electron chi connectivity index (χ0n) is 9.55. The second kappa shape index (κ2) is 8.50. The Kier molecular flexibility index (Phi) is 8.63. The monoisotopic (exact) mass is 311 g/mol. The summed E-state index contributed by atoms with van der Waals surface area (Å²) in [4.78, 5) is 13.0. The third-order valence-electron chi connectivity index (χ3n) is 2.32. The Morgan fingerprint density at radius 1 is 1.29 bits per heavy atom. The second-order valence-corrected chi connectivity index (χ2v) is 4.95. The van der Waals surface area contributed by atoms with Crippen LogP contribution >= 0.6 is 22.6 Å². The molecule has 14 heavy (non-hydrogen) atoms. The molecule has 84 valence electrons. The van der Waals surface area contributed by atoms with Gasteiger partial charge in [0.2, 0.25) is 5.91 Å². The molecule has 0 aromatic heterocycles. The van der Waals surface area contributed by atoms with Crippen molar-refractivity contribution in [3.8, 4) is 0 Å². The largest absolute Gasteiger partial charge is 0.345 e. The Morgan fingerprint density at radius 2 is 1.93 bits per heavy atom.